The number of nitrogens with zero attached hydrogens (tertiary/aromatic N) is 5. The van der Waals surface area contributed by atoms with E-state index in [-0.39, 0.29) is 5.28 Å². The highest BCUT2D eigenvalue weighted by Crippen LogP contribution is 2.30. The number of thioether (sulfide) groups is 1. The first-order valence-corrected chi connectivity index (χ1v) is 7.93. The number of benzene rings is 1. The average Bonchev–Trinajstić information content (AvgIpc) is 2.87. The number of rotatable bonds is 3. The third-order valence-electron chi connectivity index (χ3n) is 3.32. The molecule has 0 saturated heterocycles. The molecule has 0 amide bonds. The van der Waals surface area contributed by atoms with E-state index >= 15 is 0 Å². The minimum absolute atomic E-state index is 0.220. The Morgan fingerprint density at radius 2 is 1.90 bits per heavy atom. The largest absolute Gasteiger partial charge is 0.328 e. The first-order chi connectivity index (χ1) is 10.1. The number of fused-ring (bicyclic) bond motifs is 1. The fourth-order valence-corrected chi connectivity index (χ4v) is 2.77. The third-order valence-corrected chi connectivity index (χ3v) is 4.23. The molecule has 108 valence electrons. The molecule has 3 aromatic rings. The van der Waals surface area contributed by atoms with Crippen LogP contribution < -0.4 is 4.90 Å². The molecule has 1 aromatic carbocycles. The fraction of sp³-hybridized carbons (Fsp3) is 0.214. The van der Waals surface area contributed by atoms with E-state index in [2.05, 4.69) is 45.6 Å². The number of anilines is 2. The summed E-state index contributed by atoms with van der Waals surface area (Å²) in [5, 5.41) is 4.45. The summed E-state index contributed by atoms with van der Waals surface area (Å²) in [4.78, 5) is 11.8. The zero-order chi connectivity index (χ0) is 15.0. The van der Waals surface area contributed by atoms with Crippen molar-refractivity contribution in [2.45, 2.75) is 4.90 Å². The van der Waals surface area contributed by atoms with Gasteiger partial charge in [-0.05, 0) is 42.1 Å². The van der Waals surface area contributed by atoms with Crippen LogP contribution in [0.1, 0.15) is 0 Å². The van der Waals surface area contributed by atoms with E-state index in [0.29, 0.717) is 0 Å². The van der Waals surface area contributed by atoms with Gasteiger partial charge in [0.1, 0.15) is 11.0 Å². The van der Waals surface area contributed by atoms with Gasteiger partial charge in [-0.1, -0.05) is 0 Å². The van der Waals surface area contributed by atoms with Crippen LogP contribution in [0, 0.1) is 0 Å². The van der Waals surface area contributed by atoms with Gasteiger partial charge in [0.15, 0.2) is 5.82 Å². The van der Waals surface area contributed by atoms with E-state index in [4.69, 9.17) is 11.6 Å². The van der Waals surface area contributed by atoms with Gasteiger partial charge < -0.3 is 4.90 Å². The van der Waals surface area contributed by atoms with Crippen LogP contribution in [0.5, 0.6) is 0 Å². The van der Waals surface area contributed by atoms with Crippen molar-refractivity contribution >= 4 is 45.9 Å². The molecule has 5 nitrogen and oxygen atoms in total. The number of halogens is 1. The van der Waals surface area contributed by atoms with Crippen molar-refractivity contribution in [2.75, 3.05) is 18.2 Å². The lowest BCUT2D eigenvalue weighted by molar-refractivity contribution is 0.794. The van der Waals surface area contributed by atoms with Crippen LogP contribution in [0.3, 0.4) is 0 Å². The molecule has 3 rings (SSSR count). The molecule has 0 N–H and O–H groups in total. The van der Waals surface area contributed by atoms with E-state index in [9.17, 15) is 0 Å². The second kappa shape index (κ2) is 5.54. The highest BCUT2D eigenvalue weighted by atomic mass is 35.5. The number of hydrogen-bond acceptors (Lipinski definition) is 5. The van der Waals surface area contributed by atoms with Crippen LogP contribution in [0.2, 0.25) is 5.28 Å². The van der Waals surface area contributed by atoms with Gasteiger partial charge in [0.2, 0.25) is 5.28 Å². The summed E-state index contributed by atoms with van der Waals surface area (Å²) in [7, 11) is 3.83. The second-order valence-electron chi connectivity index (χ2n) is 4.58. The highest BCUT2D eigenvalue weighted by Gasteiger charge is 2.15. The van der Waals surface area contributed by atoms with Crippen molar-refractivity contribution in [1.29, 1.82) is 0 Å². The van der Waals surface area contributed by atoms with Crippen molar-refractivity contribution in [3.63, 3.8) is 0 Å². The van der Waals surface area contributed by atoms with E-state index in [1.54, 1.807) is 22.6 Å². The van der Waals surface area contributed by atoms with Gasteiger partial charge >= 0.3 is 0 Å². The van der Waals surface area contributed by atoms with Crippen LogP contribution in [0.15, 0.2) is 35.4 Å². The molecular formula is C14H14ClN5S. The average molecular weight is 320 g/mol. The van der Waals surface area contributed by atoms with Crippen LogP contribution in [-0.2, 0) is 7.05 Å². The van der Waals surface area contributed by atoms with Crippen LogP contribution >= 0.6 is 23.4 Å². The van der Waals surface area contributed by atoms with Crippen molar-refractivity contribution < 1.29 is 0 Å². The molecule has 7 heteroatoms. The van der Waals surface area contributed by atoms with E-state index in [1.165, 1.54) is 4.90 Å². The molecule has 0 spiro atoms. The smallest absolute Gasteiger partial charge is 0.225 e. The van der Waals surface area contributed by atoms with Crippen LogP contribution in [0.25, 0.3) is 11.0 Å². The van der Waals surface area contributed by atoms with Gasteiger partial charge in [0, 0.05) is 24.7 Å². The molecular weight excluding hydrogens is 306 g/mol. The number of aromatic nitrogens is 4. The van der Waals surface area contributed by atoms with Crippen molar-refractivity contribution in [3.05, 3.63) is 35.7 Å². The second-order valence-corrected chi connectivity index (χ2v) is 5.79. The van der Waals surface area contributed by atoms with Crippen LogP contribution in [0.4, 0.5) is 11.5 Å². The molecule has 0 aliphatic rings. The van der Waals surface area contributed by atoms with E-state index in [1.807, 2.05) is 19.0 Å². The molecule has 0 bridgehead atoms. The van der Waals surface area contributed by atoms with Crippen molar-refractivity contribution in [3.8, 4) is 0 Å². The van der Waals surface area contributed by atoms with Gasteiger partial charge in [-0.3, -0.25) is 4.68 Å². The minimum Gasteiger partial charge on any atom is -0.328 e. The maximum atomic E-state index is 6.02. The van der Waals surface area contributed by atoms with Gasteiger partial charge in [-0.2, -0.15) is 10.1 Å². The zero-order valence-electron chi connectivity index (χ0n) is 11.9. The monoisotopic (exact) mass is 319 g/mol. The van der Waals surface area contributed by atoms with Gasteiger partial charge in [0.05, 0.1) is 6.20 Å². The number of hydrogen-bond donors (Lipinski definition) is 0. The molecule has 0 radical (unpaired) electrons. The lowest BCUT2D eigenvalue weighted by Crippen LogP contribution is -2.13. The Kier molecular flexibility index (Phi) is 3.73. The topological polar surface area (TPSA) is 46.8 Å². The minimum atomic E-state index is 0.220. The summed E-state index contributed by atoms with van der Waals surface area (Å²) in [6.07, 6.45) is 3.75. The highest BCUT2D eigenvalue weighted by molar-refractivity contribution is 7.98. The molecule has 0 fully saturated rings. The Balaban J connectivity index is 2.11. The van der Waals surface area contributed by atoms with Gasteiger partial charge in [-0.15, -0.1) is 11.8 Å². The van der Waals surface area contributed by atoms with Crippen molar-refractivity contribution in [1.82, 2.24) is 19.7 Å². The standard InChI is InChI=1S/C14H14ClN5S/c1-19(9-4-6-10(21-3)7-5-9)13-12-11(8-16-20(12)2)17-14(15)18-13/h4-8H,1-3H3. The summed E-state index contributed by atoms with van der Waals surface area (Å²) in [5.41, 5.74) is 2.63. The Morgan fingerprint density at radius 1 is 1.19 bits per heavy atom. The Morgan fingerprint density at radius 3 is 2.57 bits per heavy atom. The summed E-state index contributed by atoms with van der Waals surface area (Å²) in [5.74, 6) is 0.738. The molecule has 0 saturated carbocycles. The lowest BCUT2D eigenvalue weighted by atomic mass is 10.3. The molecule has 2 heterocycles. The molecule has 0 aliphatic carbocycles. The maximum Gasteiger partial charge on any atom is 0.225 e. The van der Waals surface area contributed by atoms with Crippen LogP contribution in [-0.4, -0.2) is 33.1 Å². The van der Waals surface area contributed by atoms with Crippen molar-refractivity contribution in [2.24, 2.45) is 7.05 Å². The van der Waals surface area contributed by atoms with E-state index in [0.717, 1.165) is 22.5 Å². The van der Waals surface area contributed by atoms with Gasteiger partial charge in [-0.25, -0.2) is 4.98 Å². The molecule has 0 unspecified atom stereocenters. The van der Waals surface area contributed by atoms with Gasteiger partial charge in [0.25, 0.3) is 0 Å². The first-order valence-electron chi connectivity index (χ1n) is 6.33. The SMILES string of the molecule is CSc1ccc(N(C)c2nc(Cl)nc3cnn(C)c23)cc1. The summed E-state index contributed by atoms with van der Waals surface area (Å²) in [6.45, 7) is 0. The predicted octanol–water partition coefficient (Wildman–Crippen LogP) is 3.51. The summed E-state index contributed by atoms with van der Waals surface area (Å²) < 4.78 is 1.76. The number of aryl methyl sites for hydroxylation is 1. The quantitative estimate of drug-likeness (QED) is 0.546. The fourth-order valence-electron chi connectivity index (χ4n) is 2.19. The Hall–Kier alpha value is -1.79. The predicted molar refractivity (Wildman–Crippen MR) is 87.6 cm³/mol. The molecule has 0 atom stereocenters. The maximum absolute atomic E-state index is 6.02. The Labute approximate surface area is 131 Å². The third kappa shape index (κ3) is 2.56. The molecule has 2 aromatic heterocycles. The normalized spacial score (nSPS) is 11.0. The molecule has 0 aliphatic heterocycles. The Bertz CT molecular complexity index is 784. The summed E-state index contributed by atoms with van der Waals surface area (Å²) in [6, 6.07) is 8.29. The molecule has 21 heavy (non-hydrogen) atoms. The summed E-state index contributed by atoms with van der Waals surface area (Å²) >= 11 is 7.74. The lowest BCUT2D eigenvalue weighted by Gasteiger charge is -2.19. The zero-order valence-corrected chi connectivity index (χ0v) is 13.5. The van der Waals surface area contributed by atoms with E-state index < -0.39 is 0 Å². The first kappa shape index (κ1) is 14.2.